The predicted molar refractivity (Wildman–Crippen MR) is 92.9 cm³/mol. The third-order valence-corrected chi connectivity index (χ3v) is 3.20. The maximum Gasteiger partial charge on any atom is 0.408 e. The summed E-state index contributed by atoms with van der Waals surface area (Å²) in [5.74, 6) is -1.06. The SMILES string of the molecule is COC(=O)C(C)NC(=O)C(Cc1ccccc1)NC(=O)OC(C)(C)C. The Morgan fingerprint density at radius 3 is 2.20 bits per heavy atom. The molecule has 7 heteroatoms. The van der Waals surface area contributed by atoms with Crippen LogP contribution in [-0.4, -0.2) is 42.8 Å². The lowest BCUT2D eigenvalue weighted by atomic mass is 10.1. The second kappa shape index (κ2) is 9.05. The first-order valence-corrected chi connectivity index (χ1v) is 8.04. The van der Waals surface area contributed by atoms with Gasteiger partial charge in [0.15, 0.2) is 0 Å². The van der Waals surface area contributed by atoms with Crippen molar-refractivity contribution in [1.82, 2.24) is 10.6 Å². The summed E-state index contributed by atoms with van der Waals surface area (Å²) in [7, 11) is 1.24. The van der Waals surface area contributed by atoms with Gasteiger partial charge < -0.3 is 20.1 Å². The van der Waals surface area contributed by atoms with Crippen LogP contribution < -0.4 is 10.6 Å². The van der Waals surface area contributed by atoms with Crippen molar-refractivity contribution in [3.8, 4) is 0 Å². The molecule has 138 valence electrons. The number of methoxy groups -OCH3 is 1. The predicted octanol–water partition coefficient (Wildman–Crippen LogP) is 1.80. The molecule has 0 bridgehead atoms. The summed E-state index contributed by atoms with van der Waals surface area (Å²) in [6.45, 7) is 6.71. The van der Waals surface area contributed by atoms with Gasteiger partial charge in [0.1, 0.15) is 17.7 Å². The molecule has 2 atom stereocenters. The smallest absolute Gasteiger partial charge is 0.408 e. The van der Waals surface area contributed by atoms with E-state index in [2.05, 4.69) is 15.4 Å². The van der Waals surface area contributed by atoms with E-state index in [-0.39, 0.29) is 6.42 Å². The molecule has 2 amide bonds. The molecule has 1 aromatic carbocycles. The molecule has 2 unspecified atom stereocenters. The number of nitrogens with one attached hydrogen (secondary N) is 2. The van der Waals surface area contributed by atoms with Crippen LogP contribution in [0.2, 0.25) is 0 Å². The van der Waals surface area contributed by atoms with Crippen LogP contribution in [0.1, 0.15) is 33.3 Å². The Balaban J connectivity index is 2.84. The highest BCUT2D eigenvalue weighted by Gasteiger charge is 2.27. The van der Waals surface area contributed by atoms with E-state index >= 15 is 0 Å². The third-order valence-electron chi connectivity index (χ3n) is 3.20. The summed E-state index contributed by atoms with van der Waals surface area (Å²) in [4.78, 5) is 36.0. The lowest BCUT2D eigenvalue weighted by molar-refractivity contribution is -0.144. The fourth-order valence-corrected chi connectivity index (χ4v) is 2.06. The minimum absolute atomic E-state index is 0.264. The number of hydrogen-bond acceptors (Lipinski definition) is 5. The summed E-state index contributed by atoms with van der Waals surface area (Å²) >= 11 is 0. The van der Waals surface area contributed by atoms with Gasteiger partial charge in [0.05, 0.1) is 7.11 Å². The number of amides is 2. The van der Waals surface area contributed by atoms with E-state index in [0.29, 0.717) is 0 Å². The Kier molecular flexibility index (Phi) is 7.42. The first-order valence-electron chi connectivity index (χ1n) is 8.04. The van der Waals surface area contributed by atoms with Crippen molar-refractivity contribution in [2.75, 3.05) is 7.11 Å². The van der Waals surface area contributed by atoms with Crippen molar-refractivity contribution in [2.24, 2.45) is 0 Å². The highest BCUT2D eigenvalue weighted by Crippen LogP contribution is 2.09. The number of hydrogen-bond donors (Lipinski definition) is 2. The van der Waals surface area contributed by atoms with E-state index in [1.54, 1.807) is 20.8 Å². The van der Waals surface area contributed by atoms with Crippen molar-refractivity contribution < 1.29 is 23.9 Å². The first-order chi connectivity index (χ1) is 11.6. The largest absolute Gasteiger partial charge is 0.467 e. The first kappa shape index (κ1) is 20.5. The lowest BCUT2D eigenvalue weighted by Gasteiger charge is -2.24. The van der Waals surface area contributed by atoms with Crippen LogP contribution in [0.4, 0.5) is 4.79 Å². The Bertz CT molecular complexity index is 595. The highest BCUT2D eigenvalue weighted by atomic mass is 16.6. The number of carbonyl (C=O) groups excluding carboxylic acids is 3. The van der Waals surface area contributed by atoms with Crippen LogP contribution in [0.3, 0.4) is 0 Å². The second-order valence-corrected chi connectivity index (χ2v) is 6.64. The summed E-state index contributed by atoms with van der Waals surface area (Å²) in [5, 5.41) is 5.09. The van der Waals surface area contributed by atoms with Crippen LogP contribution in [-0.2, 0) is 25.5 Å². The van der Waals surface area contributed by atoms with Crippen LogP contribution in [0.5, 0.6) is 0 Å². The van der Waals surface area contributed by atoms with Gasteiger partial charge in [-0.1, -0.05) is 30.3 Å². The van der Waals surface area contributed by atoms with E-state index in [1.807, 2.05) is 30.3 Å². The normalized spacial score (nSPS) is 13.3. The molecule has 0 saturated heterocycles. The molecular weight excluding hydrogens is 324 g/mol. The standard InChI is InChI=1S/C18H26N2O5/c1-12(16(22)24-5)19-15(21)14(11-13-9-7-6-8-10-13)20-17(23)25-18(2,3)4/h6-10,12,14H,11H2,1-5H3,(H,19,21)(H,20,23). The summed E-state index contributed by atoms with van der Waals surface area (Å²) in [6.07, 6.45) is -0.436. The number of ether oxygens (including phenoxy) is 2. The van der Waals surface area contributed by atoms with Gasteiger partial charge in [-0.25, -0.2) is 9.59 Å². The number of esters is 1. The number of benzene rings is 1. The third kappa shape index (κ3) is 7.69. The number of rotatable bonds is 6. The molecule has 0 aliphatic carbocycles. The van der Waals surface area contributed by atoms with Gasteiger partial charge in [-0.2, -0.15) is 0 Å². The van der Waals surface area contributed by atoms with Gasteiger partial charge in [-0.15, -0.1) is 0 Å². The molecule has 0 fully saturated rings. The average Bonchev–Trinajstić information content (AvgIpc) is 2.52. The van der Waals surface area contributed by atoms with E-state index in [0.717, 1.165) is 5.56 Å². The minimum Gasteiger partial charge on any atom is -0.467 e. The van der Waals surface area contributed by atoms with Crippen molar-refractivity contribution in [3.63, 3.8) is 0 Å². The maximum atomic E-state index is 12.5. The zero-order valence-electron chi connectivity index (χ0n) is 15.3. The lowest BCUT2D eigenvalue weighted by Crippen LogP contribution is -2.52. The van der Waals surface area contributed by atoms with Crippen molar-refractivity contribution >= 4 is 18.0 Å². The van der Waals surface area contributed by atoms with E-state index in [9.17, 15) is 14.4 Å². The van der Waals surface area contributed by atoms with Gasteiger partial charge >= 0.3 is 12.1 Å². The Labute approximate surface area is 148 Å². The summed E-state index contributed by atoms with van der Waals surface area (Å²) in [6, 6.07) is 7.53. The molecule has 25 heavy (non-hydrogen) atoms. The molecule has 0 aliphatic heterocycles. The molecule has 0 aliphatic rings. The molecule has 0 spiro atoms. The highest BCUT2D eigenvalue weighted by molar-refractivity contribution is 5.89. The van der Waals surface area contributed by atoms with Gasteiger partial charge in [-0.3, -0.25) is 4.79 Å². The minimum atomic E-state index is -0.885. The number of carbonyl (C=O) groups is 3. The zero-order valence-corrected chi connectivity index (χ0v) is 15.3. The van der Waals surface area contributed by atoms with Gasteiger partial charge in [0.25, 0.3) is 0 Å². The van der Waals surface area contributed by atoms with Gasteiger partial charge in [-0.05, 0) is 33.3 Å². The fourth-order valence-electron chi connectivity index (χ4n) is 2.06. The molecule has 0 aromatic heterocycles. The number of alkyl carbamates (subject to hydrolysis) is 1. The molecule has 0 heterocycles. The Hall–Kier alpha value is -2.57. The summed E-state index contributed by atoms with van der Waals surface area (Å²) < 4.78 is 9.80. The van der Waals surface area contributed by atoms with Crippen LogP contribution >= 0.6 is 0 Å². The second-order valence-electron chi connectivity index (χ2n) is 6.64. The Morgan fingerprint density at radius 1 is 1.08 bits per heavy atom. The zero-order chi connectivity index (χ0) is 19.0. The average molecular weight is 350 g/mol. The van der Waals surface area contributed by atoms with Crippen molar-refractivity contribution in [2.45, 2.75) is 51.8 Å². The van der Waals surface area contributed by atoms with Crippen molar-refractivity contribution in [1.29, 1.82) is 0 Å². The quantitative estimate of drug-likeness (QED) is 0.763. The Morgan fingerprint density at radius 2 is 1.68 bits per heavy atom. The molecule has 0 saturated carbocycles. The van der Waals surface area contributed by atoms with Gasteiger partial charge in [0.2, 0.25) is 5.91 Å². The molecule has 7 nitrogen and oxygen atoms in total. The van der Waals surface area contributed by atoms with E-state index in [1.165, 1.54) is 14.0 Å². The topological polar surface area (TPSA) is 93.7 Å². The van der Waals surface area contributed by atoms with Gasteiger partial charge in [0, 0.05) is 6.42 Å². The molecular formula is C18H26N2O5. The fraction of sp³-hybridized carbons (Fsp3) is 0.500. The van der Waals surface area contributed by atoms with Crippen LogP contribution in [0.25, 0.3) is 0 Å². The molecule has 2 N–H and O–H groups in total. The van der Waals surface area contributed by atoms with E-state index in [4.69, 9.17) is 4.74 Å². The molecule has 0 radical (unpaired) electrons. The maximum absolute atomic E-state index is 12.5. The van der Waals surface area contributed by atoms with E-state index < -0.39 is 35.7 Å². The summed E-state index contributed by atoms with van der Waals surface area (Å²) in [5.41, 5.74) is 0.182. The van der Waals surface area contributed by atoms with Crippen LogP contribution in [0, 0.1) is 0 Å². The monoisotopic (exact) mass is 350 g/mol. The molecule has 1 rings (SSSR count). The van der Waals surface area contributed by atoms with Crippen molar-refractivity contribution in [3.05, 3.63) is 35.9 Å². The van der Waals surface area contributed by atoms with Crippen LogP contribution in [0.15, 0.2) is 30.3 Å². The molecule has 1 aromatic rings.